The number of hydrogen-bond donors (Lipinski definition) is 1. The van der Waals surface area contributed by atoms with Gasteiger partial charge in [0.05, 0.1) is 18.5 Å². The Hall–Kier alpha value is -3.87. The maximum Gasteiger partial charge on any atom is 0.268 e. The van der Waals surface area contributed by atoms with Crippen LogP contribution in [0, 0.1) is 5.82 Å². The van der Waals surface area contributed by atoms with Crippen molar-refractivity contribution in [1.29, 1.82) is 0 Å². The van der Waals surface area contributed by atoms with Gasteiger partial charge in [0.15, 0.2) is 0 Å². The number of benzene rings is 3. The first-order chi connectivity index (χ1) is 14.6. The van der Waals surface area contributed by atoms with Crippen LogP contribution in [0.3, 0.4) is 0 Å². The predicted octanol–water partition coefficient (Wildman–Crippen LogP) is 4.87. The van der Waals surface area contributed by atoms with E-state index in [9.17, 15) is 9.18 Å². The molecule has 1 atom stereocenters. The van der Waals surface area contributed by atoms with Crippen molar-refractivity contribution in [3.05, 3.63) is 72.0 Å². The number of nitrogens with one attached hydrogen (secondary N) is 1. The molecule has 0 radical (unpaired) electrons. The summed E-state index contributed by atoms with van der Waals surface area (Å²) in [5.41, 5.74) is 2.97. The Labute approximate surface area is 170 Å². The molecule has 1 aliphatic heterocycles. The van der Waals surface area contributed by atoms with E-state index in [0.717, 1.165) is 16.4 Å². The molecule has 5 rings (SSSR count). The van der Waals surface area contributed by atoms with Crippen molar-refractivity contribution < 1.29 is 23.2 Å². The Morgan fingerprint density at radius 3 is 2.80 bits per heavy atom. The van der Waals surface area contributed by atoms with E-state index in [1.807, 2.05) is 30.3 Å². The predicted molar refractivity (Wildman–Crippen MR) is 111 cm³/mol. The largest absolute Gasteiger partial charge is 0.495 e. The second-order valence-electron chi connectivity index (χ2n) is 6.98. The van der Waals surface area contributed by atoms with E-state index in [4.69, 9.17) is 14.0 Å². The van der Waals surface area contributed by atoms with Crippen molar-refractivity contribution in [2.45, 2.75) is 12.5 Å². The van der Waals surface area contributed by atoms with Crippen LogP contribution in [0.2, 0.25) is 0 Å². The van der Waals surface area contributed by atoms with Gasteiger partial charge in [-0.1, -0.05) is 35.5 Å². The number of furan rings is 1. The van der Waals surface area contributed by atoms with Gasteiger partial charge in [-0.3, -0.25) is 4.79 Å². The molecule has 7 heteroatoms. The first-order valence-corrected chi connectivity index (χ1v) is 9.41. The van der Waals surface area contributed by atoms with Crippen molar-refractivity contribution in [1.82, 2.24) is 0 Å². The molecular weight excluding hydrogens is 387 g/mol. The fraction of sp³-hybridized carbons (Fsp3) is 0.130. The Balaban J connectivity index is 1.39. The van der Waals surface area contributed by atoms with Crippen molar-refractivity contribution in [2.75, 3.05) is 12.4 Å². The zero-order chi connectivity index (χ0) is 20.7. The van der Waals surface area contributed by atoms with Crippen LogP contribution in [-0.4, -0.2) is 24.8 Å². The fourth-order valence-electron chi connectivity index (χ4n) is 3.59. The van der Waals surface area contributed by atoms with Gasteiger partial charge in [0.2, 0.25) is 6.10 Å². The van der Waals surface area contributed by atoms with Gasteiger partial charge in [-0.15, -0.1) is 0 Å². The Morgan fingerprint density at radius 2 is 1.97 bits per heavy atom. The number of oxime groups is 1. The molecule has 1 N–H and O–H groups in total. The maximum atomic E-state index is 13.5. The Kier molecular flexibility index (Phi) is 4.35. The van der Waals surface area contributed by atoms with Crippen molar-refractivity contribution in [2.24, 2.45) is 5.16 Å². The average molecular weight is 404 g/mol. The van der Waals surface area contributed by atoms with Crippen LogP contribution in [0.1, 0.15) is 12.0 Å². The number of nitrogens with zero attached hydrogens (tertiary/aromatic N) is 1. The number of methoxy groups -OCH3 is 1. The van der Waals surface area contributed by atoms with Gasteiger partial charge in [-0.25, -0.2) is 4.39 Å². The van der Waals surface area contributed by atoms with E-state index >= 15 is 0 Å². The molecule has 1 unspecified atom stereocenters. The van der Waals surface area contributed by atoms with Crippen LogP contribution in [0.15, 0.2) is 70.2 Å². The molecule has 1 amide bonds. The van der Waals surface area contributed by atoms with E-state index in [0.29, 0.717) is 28.3 Å². The summed E-state index contributed by atoms with van der Waals surface area (Å²) in [7, 11) is 1.54. The highest BCUT2D eigenvalue weighted by Crippen LogP contribution is 2.36. The van der Waals surface area contributed by atoms with Gasteiger partial charge in [0, 0.05) is 28.8 Å². The molecule has 150 valence electrons. The summed E-state index contributed by atoms with van der Waals surface area (Å²) >= 11 is 0. The monoisotopic (exact) mass is 404 g/mol. The number of fused-ring (bicyclic) bond motifs is 3. The maximum absolute atomic E-state index is 13.5. The number of carbonyl (C=O) groups excluding carboxylic acids is 1. The summed E-state index contributed by atoms with van der Waals surface area (Å²) in [6, 6.07) is 17.3. The quantitative estimate of drug-likeness (QED) is 0.527. The molecule has 0 bridgehead atoms. The number of ether oxygens (including phenoxy) is 1. The average Bonchev–Trinajstić information content (AvgIpc) is 3.38. The first kappa shape index (κ1) is 18.2. The minimum atomic E-state index is -0.820. The lowest BCUT2D eigenvalue weighted by atomic mass is 10.0. The smallest absolute Gasteiger partial charge is 0.268 e. The van der Waals surface area contributed by atoms with Gasteiger partial charge >= 0.3 is 0 Å². The number of amides is 1. The van der Waals surface area contributed by atoms with Crippen molar-refractivity contribution in [3.8, 4) is 5.75 Å². The highest BCUT2D eigenvalue weighted by atomic mass is 19.1. The molecule has 0 fully saturated rings. The molecule has 1 aliphatic rings. The Bertz CT molecular complexity index is 1310. The molecule has 30 heavy (non-hydrogen) atoms. The lowest BCUT2D eigenvalue weighted by Crippen LogP contribution is -2.28. The zero-order valence-corrected chi connectivity index (χ0v) is 16.0. The Morgan fingerprint density at radius 1 is 1.10 bits per heavy atom. The summed E-state index contributed by atoms with van der Waals surface area (Å²) in [4.78, 5) is 18.1. The third-order valence-electron chi connectivity index (χ3n) is 5.08. The number of para-hydroxylation sites is 1. The van der Waals surface area contributed by atoms with E-state index in [-0.39, 0.29) is 18.1 Å². The topological polar surface area (TPSA) is 73.1 Å². The summed E-state index contributed by atoms with van der Waals surface area (Å²) in [5, 5.41) is 8.64. The second-order valence-corrected chi connectivity index (χ2v) is 6.98. The van der Waals surface area contributed by atoms with Gasteiger partial charge in [-0.05, 0) is 24.3 Å². The molecular formula is C23H17FN2O4. The molecule has 6 nitrogen and oxygen atoms in total. The third-order valence-corrected chi connectivity index (χ3v) is 5.08. The van der Waals surface area contributed by atoms with Crippen LogP contribution in [-0.2, 0) is 9.63 Å². The molecule has 1 aromatic heterocycles. The van der Waals surface area contributed by atoms with Gasteiger partial charge in [0.1, 0.15) is 22.7 Å². The summed E-state index contributed by atoms with van der Waals surface area (Å²) in [6.07, 6.45) is -0.579. The lowest BCUT2D eigenvalue weighted by Gasteiger charge is -2.12. The molecule has 0 saturated carbocycles. The highest BCUT2D eigenvalue weighted by molar-refractivity contribution is 6.09. The molecule has 4 aromatic rings. The minimum Gasteiger partial charge on any atom is -0.495 e. The summed E-state index contributed by atoms with van der Waals surface area (Å²) < 4.78 is 24.8. The molecule has 0 spiro atoms. The number of carbonyl (C=O) groups is 1. The van der Waals surface area contributed by atoms with E-state index in [1.54, 1.807) is 18.2 Å². The van der Waals surface area contributed by atoms with Crippen LogP contribution < -0.4 is 10.1 Å². The van der Waals surface area contributed by atoms with Gasteiger partial charge in [0.25, 0.3) is 5.91 Å². The molecule has 3 aromatic carbocycles. The van der Waals surface area contributed by atoms with Gasteiger partial charge < -0.3 is 19.3 Å². The summed E-state index contributed by atoms with van der Waals surface area (Å²) in [5.74, 6) is -0.238. The lowest BCUT2D eigenvalue weighted by molar-refractivity contribution is -0.125. The standard InChI is InChI=1S/C23H17FN2O4/c1-28-21-10-16-15-7-2-3-8-19(15)29-20(16)12-18(21)25-23(27)22-11-17(26-30-22)13-5-4-6-14(24)9-13/h2-10,12,22H,11H2,1H3,(H,25,27). The SMILES string of the molecule is COc1cc2c(cc1NC(=O)C1CC(c3cccc(F)c3)=NO1)oc1ccccc12. The first-order valence-electron chi connectivity index (χ1n) is 9.41. The van der Waals surface area contributed by atoms with Crippen LogP contribution in [0.25, 0.3) is 21.9 Å². The van der Waals surface area contributed by atoms with E-state index < -0.39 is 6.10 Å². The van der Waals surface area contributed by atoms with E-state index in [1.165, 1.54) is 19.2 Å². The van der Waals surface area contributed by atoms with Gasteiger partial charge in [-0.2, -0.15) is 0 Å². The normalized spacial score (nSPS) is 15.8. The zero-order valence-electron chi connectivity index (χ0n) is 16.0. The molecule has 0 aliphatic carbocycles. The van der Waals surface area contributed by atoms with Crippen LogP contribution in [0.4, 0.5) is 10.1 Å². The molecule has 2 heterocycles. The highest BCUT2D eigenvalue weighted by Gasteiger charge is 2.30. The third kappa shape index (κ3) is 3.14. The van der Waals surface area contributed by atoms with Crippen molar-refractivity contribution >= 4 is 39.2 Å². The number of halogens is 1. The van der Waals surface area contributed by atoms with Crippen LogP contribution in [0.5, 0.6) is 5.75 Å². The summed E-state index contributed by atoms with van der Waals surface area (Å²) in [6.45, 7) is 0. The minimum absolute atomic E-state index is 0.241. The number of hydrogen-bond acceptors (Lipinski definition) is 5. The fourth-order valence-corrected chi connectivity index (χ4v) is 3.59. The van der Waals surface area contributed by atoms with E-state index in [2.05, 4.69) is 10.5 Å². The van der Waals surface area contributed by atoms with Crippen LogP contribution >= 0.6 is 0 Å². The van der Waals surface area contributed by atoms with Crippen molar-refractivity contribution in [3.63, 3.8) is 0 Å². The number of rotatable bonds is 4. The second kappa shape index (κ2) is 7.18. The number of anilines is 1. The molecule has 0 saturated heterocycles.